The summed E-state index contributed by atoms with van der Waals surface area (Å²) < 4.78 is 16.5. The molecular weight excluding hydrogens is 484 g/mol. The number of ether oxygens (including phenoxy) is 3. The van der Waals surface area contributed by atoms with Crippen molar-refractivity contribution in [1.82, 2.24) is 4.98 Å². The number of fused-ring (bicyclic) bond motifs is 2. The molecule has 0 bridgehead atoms. The number of amides is 1. The van der Waals surface area contributed by atoms with E-state index < -0.39 is 12.3 Å². The molecule has 1 aliphatic rings. The molecule has 8 nitrogen and oxygen atoms in total. The zero-order valence-corrected chi connectivity index (χ0v) is 19.9. The van der Waals surface area contributed by atoms with Crippen LogP contribution in [0.2, 0.25) is 5.02 Å². The second-order valence-corrected chi connectivity index (χ2v) is 8.66. The van der Waals surface area contributed by atoms with Gasteiger partial charge < -0.3 is 24.6 Å². The molecule has 3 aromatic carbocycles. The van der Waals surface area contributed by atoms with Gasteiger partial charge in [0.1, 0.15) is 29.2 Å². The van der Waals surface area contributed by atoms with Crippen molar-refractivity contribution in [2.24, 2.45) is 0 Å². The number of hydrogen-bond donors (Lipinski definition) is 2. The molecule has 1 aliphatic heterocycles. The second kappa shape index (κ2) is 9.75. The quantitative estimate of drug-likeness (QED) is 0.289. The van der Waals surface area contributed by atoms with Gasteiger partial charge in [0.2, 0.25) is 0 Å². The van der Waals surface area contributed by atoms with E-state index in [9.17, 15) is 9.59 Å². The van der Waals surface area contributed by atoms with Gasteiger partial charge in [-0.1, -0.05) is 29.8 Å². The smallest absolute Gasteiger partial charge is 0.493 e. The number of carboxylic acid groups (broad SMARTS) is 1. The average Bonchev–Trinajstić information content (AvgIpc) is 2.86. The van der Waals surface area contributed by atoms with E-state index in [1.807, 2.05) is 31.2 Å². The molecule has 1 aromatic heterocycles. The third kappa shape index (κ3) is 4.89. The number of benzene rings is 3. The molecule has 5 rings (SSSR count). The Kier molecular flexibility index (Phi) is 6.35. The van der Waals surface area contributed by atoms with Crippen molar-refractivity contribution in [3.8, 4) is 17.2 Å². The molecule has 36 heavy (non-hydrogen) atoms. The van der Waals surface area contributed by atoms with Gasteiger partial charge >= 0.3 is 6.16 Å². The van der Waals surface area contributed by atoms with Crippen LogP contribution in [0.3, 0.4) is 0 Å². The minimum Gasteiger partial charge on any atom is -0.493 e. The van der Waals surface area contributed by atoms with Crippen molar-refractivity contribution >= 4 is 40.4 Å². The standard InChI is InChI=1S/C27H21ClN2O6/c1-15-3-2-4-16-7-10-24(29-25(15)16)30-26(31)17-5-8-18(9-6-17)35-23-14-22-19(13-20(23)28)21(11-12-34-22)36-27(32)33/h2-10,13-14,21H,11-12H2,1H3,(H,32,33)(H,29,30,31). The summed E-state index contributed by atoms with van der Waals surface area (Å²) in [6.07, 6.45) is -1.62. The fourth-order valence-corrected chi connectivity index (χ4v) is 4.25. The normalized spacial score (nSPS) is 14.4. The predicted molar refractivity (Wildman–Crippen MR) is 134 cm³/mol. The first kappa shape index (κ1) is 23.4. The maximum absolute atomic E-state index is 12.7. The van der Waals surface area contributed by atoms with Crippen LogP contribution in [0.1, 0.15) is 34.0 Å². The van der Waals surface area contributed by atoms with Gasteiger partial charge in [-0.25, -0.2) is 9.78 Å². The number of nitrogens with one attached hydrogen (secondary N) is 1. The first-order valence-corrected chi connectivity index (χ1v) is 11.6. The Labute approximate surface area is 211 Å². The number of carbonyl (C=O) groups is 2. The summed E-state index contributed by atoms with van der Waals surface area (Å²) in [5, 5.41) is 13.1. The lowest BCUT2D eigenvalue weighted by molar-refractivity contribution is 0.0326. The van der Waals surface area contributed by atoms with Crippen LogP contribution in [0.25, 0.3) is 10.9 Å². The van der Waals surface area contributed by atoms with Crippen LogP contribution in [0.5, 0.6) is 17.2 Å². The van der Waals surface area contributed by atoms with Crippen LogP contribution in [0.15, 0.2) is 66.7 Å². The number of rotatable bonds is 5. The van der Waals surface area contributed by atoms with Crippen molar-refractivity contribution in [3.05, 3.63) is 88.4 Å². The number of hydrogen-bond acceptors (Lipinski definition) is 6. The lowest BCUT2D eigenvalue weighted by atomic mass is 10.0. The average molecular weight is 505 g/mol. The van der Waals surface area contributed by atoms with Gasteiger partial charge in [-0.3, -0.25) is 4.79 Å². The van der Waals surface area contributed by atoms with Crippen LogP contribution in [0, 0.1) is 6.92 Å². The molecule has 9 heteroatoms. The maximum Gasteiger partial charge on any atom is 0.506 e. The minimum atomic E-state index is -1.36. The zero-order valence-electron chi connectivity index (χ0n) is 19.2. The third-order valence-electron chi connectivity index (χ3n) is 5.80. The summed E-state index contributed by atoms with van der Waals surface area (Å²) in [6.45, 7) is 2.28. The van der Waals surface area contributed by atoms with E-state index in [0.29, 0.717) is 47.2 Å². The molecule has 0 aliphatic carbocycles. The largest absolute Gasteiger partial charge is 0.506 e. The van der Waals surface area contributed by atoms with Crippen molar-refractivity contribution in [3.63, 3.8) is 0 Å². The van der Waals surface area contributed by atoms with E-state index in [-0.39, 0.29) is 10.9 Å². The molecule has 1 atom stereocenters. The molecule has 182 valence electrons. The van der Waals surface area contributed by atoms with Gasteiger partial charge in [-0.2, -0.15) is 0 Å². The molecule has 0 radical (unpaired) electrons. The lowest BCUT2D eigenvalue weighted by Gasteiger charge is -2.25. The number of anilines is 1. The number of carbonyl (C=O) groups excluding carboxylic acids is 1. The Morgan fingerprint density at radius 2 is 1.92 bits per heavy atom. The predicted octanol–water partition coefficient (Wildman–Crippen LogP) is 6.76. The number of halogens is 1. The molecule has 2 N–H and O–H groups in total. The highest BCUT2D eigenvalue weighted by Gasteiger charge is 2.27. The molecule has 1 amide bonds. The number of nitrogens with zero attached hydrogens (tertiary/aromatic N) is 1. The molecule has 0 fully saturated rings. The minimum absolute atomic E-state index is 0.276. The summed E-state index contributed by atoms with van der Waals surface area (Å²) in [4.78, 5) is 28.3. The van der Waals surface area contributed by atoms with Crippen molar-refractivity contribution in [2.45, 2.75) is 19.4 Å². The number of aryl methyl sites for hydroxylation is 1. The summed E-state index contributed by atoms with van der Waals surface area (Å²) in [5.41, 5.74) is 2.85. The summed E-state index contributed by atoms with van der Waals surface area (Å²) in [5.74, 6) is 1.40. The van der Waals surface area contributed by atoms with Gasteiger partial charge in [-0.15, -0.1) is 0 Å². The first-order valence-electron chi connectivity index (χ1n) is 11.2. The molecule has 1 unspecified atom stereocenters. The maximum atomic E-state index is 12.7. The Morgan fingerprint density at radius 1 is 1.11 bits per heavy atom. The highest BCUT2D eigenvalue weighted by molar-refractivity contribution is 6.32. The molecule has 0 saturated carbocycles. The van der Waals surface area contributed by atoms with Crippen LogP contribution >= 0.6 is 11.6 Å². The number of pyridine rings is 1. The molecule has 4 aromatic rings. The van der Waals surface area contributed by atoms with Crippen LogP contribution in [0.4, 0.5) is 10.6 Å². The van der Waals surface area contributed by atoms with Crippen molar-refractivity contribution in [2.75, 3.05) is 11.9 Å². The molecular formula is C27H21ClN2O6. The zero-order chi connectivity index (χ0) is 25.2. The summed E-state index contributed by atoms with van der Waals surface area (Å²) in [6, 6.07) is 19.4. The summed E-state index contributed by atoms with van der Waals surface area (Å²) >= 11 is 6.38. The highest BCUT2D eigenvalue weighted by Crippen LogP contribution is 2.42. The summed E-state index contributed by atoms with van der Waals surface area (Å²) in [7, 11) is 0. The van der Waals surface area contributed by atoms with Gasteiger partial charge in [0.05, 0.1) is 17.1 Å². The fourth-order valence-electron chi connectivity index (χ4n) is 4.04. The topological polar surface area (TPSA) is 107 Å². The van der Waals surface area contributed by atoms with Gasteiger partial charge in [-0.05, 0) is 55.0 Å². The van der Waals surface area contributed by atoms with Crippen LogP contribution < -0.4 is 14.8 Å². The Balaban J connectivity index is 1.29. The van der Waals surface area contributed by atoms with Crippen LogP contribution in [-0.4, -0.2) is 28.8 Å². The fraction of sp³-hybridized carbons (Fsp3) is 0.148. The van der Waals surface area contributed by atoms with E-state index >= 15 is 0 Å². The monoisotopic (exact) mass is 504 g/mol. The Bertz CT molecular complexity index is 1470. The van der Waals surface area contributed by atoms with Crippen molar-refractivity contribution < 1.29 is 28.9 Å². The number of aromatic nitrogens is 1. The second-order valence-electron chi connectivity index (χ2n) is 8.25. The lowest BCUT2D eigenvalue weighted by Crippen LogP contribution is -2.18. The van der Waals surface area contributed by atoms with Gasteiger partial charge in [0.25, 0.3) is 5.91 Å². The van der Waals surface area contributed by atoms with E-state index in [1.165, 1.54) is 0 Å². The molecule has 0 saturated heterocycles. The SMILES string of the molecule is Cc1cccc2ccc(NC(=O)c3ccc(Oc4cc5c(cc4Cl)C(OC(=O)O)CCO5)cc3)nc12. The van der Waals surface area contributed by atoms with Crippen molar-refractivity contribution in [1.29, 1.82) is 0 Å². The van der Waals surface area contributed by atoms with E-state index in [0.717, 1.165) is 16.5 Å². The van der Waals surface area contributed by atoms with E-state index in [2.05, 4.69) is 10.3 Å². The Hall–Kier alpha value is -4.30. The Morgan fingerprint density at radius 3 is 2.69 bits per heavy atom. The molecule has 2 heterocycles. The van der Waals surface area contributed by atoms with E-state index in [1.54, 1.807) is 42.5 Å². The first-order chi connectivity index (χ1) is 17.4. The third-order valence-corrected chi connectivity index (χ3v) is 6.10. The van der Waals surface area contributed by atoms with Crippen LogP contribution in [-0.2, 0) is 4.74 Å². The number of para-hydroxylation sites is 1. The highest BCUT2D eigenvalue weighted by atomic mass is 35.5. The van der Waals surface area contributed by atoms with Gasteiger partial charge in [0.15, 0.2) is 0 Å². The van der Waals surface area contributed by atoms with E-state index in [4.69, 9.17) is 30.9 Å². The molecule has 0 spiro atoms. The van der Waals surface area contributed by atoms with Gasteiger partial charge in [0, 0.05) is 29.0 Å².